The third-order valence-corrected chi connectivity index (χ3v) is 4.95. The number of anilines is 1. The Morgan fingerprint density at radius 2 is 1.84 bits per heavy atom. The fourth-order valence-corrected chi connectivity index (χ4v) is 3.22. The van der Waals surface area contributed by atoms with E-state index in [1.54, 1.807) is 18.2 Å². The lowest BCUT2D eigenvalue weighted by Gasteiger charge is -2.08. The van der Waals surface area contributed by atoms with E-state index in [1.807, 2.05) is 24.3 Å². The number of halogens is 2. The fraction of sp³-hybridized carbons (Fsp3) is 0.222. The first kappa shape index (κ1) is 19.6. The van der Waals surface area contributed by atoms with Crippen LogP contribution in [0.4, 0.5) is 5.69 Å². The Hall–Kier alpha value is -1.69. The highest BCUT2D eigenvalue weighted by atomic mass is 35.5. The molecule has 0 aliphatic heterocycles. The van der Waals surface area contributed by atoms with Gasteiger partial charge in [0.1, 0.15) is 0 Å². The van der Waals surface area contributed by atoms with E-state index in [0.29, 0.717) is 20.6 Å². The minimum atomic E-state index is -0.502. The van der Waals surface area contributed by atoms with Gasteiger partial charge in [-0.3, -0.25) is 9.59 Å². The van der Waals surface area contributed by atoms with Gasteiger partial charge in [-0.05, 0) is 42.3 Å². The Balaban J connectivity index is 1.75. The van der Waals surface area contributed by atoms with Gasteiger partial charge in [0, 0.05) is 15.6 Å². The van der Waals surface area contributed by atoms with Crippen LogP contribution in [0.1, 0.15) is 12.5 Å². The molecule has 0 saturated heterocycles. The molecule has 0 spiro atoms. The first-order valence-electron chi connectivity index (χ1n) is 7.60. The molecule has 2 aromatic carbocycles. The Bertz CT molecular complexity index is 750. The van der Waals surface area contributed by atoms with Crippen LogP contribution in [0.3, 0.4) is 0 Å². The summed E-state index contributed by atoms with van der Waals surface area (Å²) in [5, 5.41) is 3.72. The van der Waals surface area contributed by atoms with Gasteiger partial charge in [0.2, 0.25) is 0 Å². The van der Waals surface area contributed by atoms with Crippen molar-refractivity contribution in [2.45, 2.75) is 18.2 Å². The summed E-state index contributed by atoms with van der Waals surface area (Å²) in [6.07, 6.45) is 0.931. The van der Waals surface area contributed by atoms with Gasteiger partial charge in [0.15, 0.2) is 6.61 Å². The van der Waals surface area contributed by atoms with Crippen molar-refractivity contribution in [3.05, 3.63) is 58.1 Å². The summed E-state index contributed by atoms with van der Waals surface area (Å²) in [6.45, 7) is 1.72. The molecule has 4 nitrogen and oxygen atoms in total. The molecule has 0 radical (unpaired) electrons. The second-order valence-electron chi connectivity index (χ2n) is 5.12. The van der Waals surface area contributed by atoms with Crippen LogP contribution in [0.5, 0.6) is 0 Å². The minimum Gasteiger partial charge on any atom is -0.455 e. The number of ether oxygens (including phenoxy) is 1. The number of esters is 1. The van der Waals surface area contributed by atoms with Crippen molar-refractivity contribution in [2.24, 2.45) is 0 Å². The average Bonchev–Trinajstić information content (AvgIpc) is 2.61. The standard InChI is InChI=1S/C18H17Cl2NO3S/c1-2-12-3-6-14(7-4-12)21-17(22)10-24-18(23)11-25-16-9-13(19)5-8-15(16)20/h3-9H,2,10-11H2,1H3,(H,21,22). The first-order valence-corrected chi connectivity index (χ1v) is 9.34. The maximum Gasteiger partial charge on any atom is 0.316 e. The summed E-state index contributed by atoms with van der Waals surface area (Å²) < 4.78 is 4.96. The van der Waals surface area contributed by atoms with E-state index in [-0.39, 0.29) is 18.3 Å². The smallest absolute Gasteiger partial charge is 0.316 e. The molecule has 0 aliphatic carbocycles. The van der Waals surface area contributed by atoms with E-state index in [9.17, 15) is 9.59 Å². The number of benzene rings is 2. The van der Waals surface area contributed by atoms with Crippen LogP contribution in [0.2, 0.25) is 10.0 Å². The number of rotatable bonds is 7. The van der Waals surface area contributed by atoms with Crippen molar-refractivity contribution in [1.29, 1.82) is 0 Å². The summed E-state index contributed by atoms with van der Waals surface area (Å²) in [5.74, 6) is -0.848. The largest absolute Gasteiger partial charge is 0.455 e. The molecule has 0 unspecified atom stereocenters. The van der Waals surface area contributed by atoms with Gasteiger partial charge < -0.3 is 10.1 Å². The molecule has 0 fully saturated rings. The maximum atomic E-state index is 11.8. The SMILES string of the molecule is CCc1ccc(NC(=O)COC(=O)CSc2cc(Cl)ccc2Cl)cc1. The van der Waals surface area contributed by atoms with E-state index in [0.717, 1.165) is 6.42 Å². The minimum absolute atomic E-state index is 0.0402. The molecule has 0 heterocycles. The van der Waals surface area contributed by atoms with E-state index < -0.39 is 5.97 Å². The van der Waals surface area contributed by atoms with Crippen molar-refractivity contribution >= 4 is 52.5 Å². The van der Waals surface area contributed by atoms with Gasteiger partial charge in [-0.2, -0.15) is 0 Å². The van der Waals surface area contributed by atoms with Crippen LogP contribution < -0.4 is 5.32 Å². The molecule has 2 aromatic rings. The van der Waals surface area contributed by atoms with E-state index in [2.05, 4.69) is 12.2 Å². The summed E-state index contributed by atoms with van der Waals surface area (Å²) in [7, 11) is 0. The van der Waals surface area contributed by atoms with E-state index in [1.165, 1.54) is 17.3 Å². The highest BCUT2D eigenvalue weighted by molar-refractivity contribution is 8.00. The van der Waals surface area contributed by atoms with Gasteiger partial charge in [-0.25, -0.2) is 0 Å². The van der Waals surface area contributed by atoms with Crippen LogP contribution in [0.25, 0.3) is 0 Å². The van der Waals surface area contributed by atoms with Crippen LogP contribution in [0, 0.1) is 0 Å². The van der Waals surface area contributed by atoms with Crippen molar-refractivity contribution in [2.75, 3.05) is 17.7 Å². The normalized spacial score (nSPS) is 10.4. The van der Waals surface area contributed by atoms with Gasteiger partial charge in [-0.15, -0.1) is 11.8 Å². The molecule has 0 aromatic heterocycles. The maximum absolute atomic E-state index is 11.8. The fourth-order valence-electron chi connectivity index (χ4n) is 1.93. The quantitative estimate of drug-likeness (QED) is 0.536. The zero-order valence-electron chi connectivity index (χ0n) is 13.6. The average molecular weight is 398 g/mol. The van der Waals surface area contributed by atoms with E-state index in [4.69, 9.17) is 27.9 Å². The molecule has 25 heavy (non-hydrogen) atoms. The molecule has 0 bridgehead atoms. The highest BCUT2D eigenvalue weighted by Gasteiger charge is 2.10. The Labute approximate surface area is 160 Å². The molecule has 1 N–H and O–H groups in total. The molecule has 0 saturated carbocycles. The molecular formula is C18H17Cl2NO3S. The number of hydrogen-bond acceptors (Lipinski definition) is 4. The lowest BCUT2D eigenvalue weighted by molar-refractivity contribution is -0.144. The van der Waals surface area contributed by atoms with E-state index >= 15 is 0 Å². The first-order chi connectivity index (χ1) is 12.0. The second kappa shape index (κ2) is 9.70. The van der Waals surface area contributed by atoms with Crippen molar-refractivity contribution in [3.63, 3.8) is 0 Å². The number of amides is 1. The van der Waals surface area contributed by atoms with Gasteiger partial charge in [0.25, 0.3) is 5.91 Å². The molecular weight excluding hydrogens is 381 g/mol. The van der Waals surface area contributed by atoms with Crippen molar-refractivity contribution < 1.29 is 14.3 Å². The lowest BCUT2D eigenvalue weighted by Crippen LogP contribution is -2.21. The second-order valence-corrected chi connectivity index (χ2v) is 6.98. The molecule has 132 valence electrons. The summed E-state index contributed by atoms with van der Waals surface area (Å²) in [5.41, 5.74) is 1.85. The Morgan fingerprint density at radius 3 is 2.52 bits per heavy atom. The Morgan fingerprint density at radius 1 is 1.12 bits per heavy atom. The number of thioether (sulfide) groups is 1. The molecule has 1 amide bonds. The summed E-state index contributed by atoms with van der Waals surface area (Å²) >= 11 is 13.1. The van der Waals surface area contributed by atoms with Gasteiger partial charge >= 0.3 is 5.97 Å². The topological polar surface area (TPSA) is 55.4 Å². The number of carbonyl (C=O) groups is 2. The summed E-state index contributed by atoms with van der Waals surface area (Å²) in [4.78, 5) is 24.3. The predicted octanol–water partition coefficient (Wildman–Crippen LogP) is 4.83. The Kier molecular flexibility index (Phi) is 7.62. The third kappa shape index (κ3) is 6.61. The number of aryl methyl sites for hydroxylation is 1. The van der Waals surface area contributed by atoms with Crippen LogP contribution >= 0.6 is 35.0 Å². The molecule has 0 atom stereocenters. The zero-order valence-corrected chi connectivity index (χ0v) is 15.9. The molecule has 0 aliphatic rings. The van der Waals surface area contributed by atoms with Crippen LogP contribution in [-0.2, 0) is 20.7 Å². The van der Waals surface area contributed by atoms with Crippen molar-refractivity contribution in [3.8, 4) is 0 Å². The van der Waals surface area contributed by atoms with Crippen molar-refractivity contribution in [1.82, 2.24) is 0 Å². The highest BCUT2D eigenvalue weighted by Crippen LogP contribution is 2.29. The third-order valence-electron chi connectivity index (χ3n) is 3.25. The van der Waals surface area contributed by atoms with Gasteiger partial charge in [-0.1, -0.05) is 42.3 Å². The monoisotopic (exact) mass is 397 g/mol. The number of carbonyl (C=O) groups excluding carboxylic acids is 2. The lowest BCUT2D eigenvalue weighted by atomic mass is 10.1. The van der Waals surface area contributed by atoms with Gasteiger partial charge in [0.05, 0.1) is 10.8 Å². The number of nitrogens with one attached hydrogen (secondary N) is 1. The predicted molar refractivity (Wildman–Crippen MR) is 103 cm³/mol. The van der Waals surface area contributed by atoms with Crippen LogP contribution in [0.15, 0.2) is 47.4 Å². The molecule has 7 heteroatoms. The number of hydrogen-bond donors (Lipinski definition) is 1. The zero-order chi connectivity index (χ0) is 18.2. The van der Waals surface area contributed by atoms with Crippen LogP contribution in [-0.4, -0.2) is 24.2 Å². The summed E-state index contributed by atoms with van der Waals surface area (Å²) in [6, 6.07) is 12.5. The molecule has 2 rings (SSSR count).